The third kappa shape index (κ3) is 2.77. The zero-order chi connectivity index (χ0) is 14.1. The average molecular weight is 280 g/mol. The second-order valence-corrected chi connectivity index (χ2v) is 7.54. The number of ether oxygens (including phenoxy) is 1. The van der Waals surface area contributed by atoms with Gasteiger partial charge in [0.1, 0.15) is 0 Å². The number of hydrogen-bond acceptors (Lipinski definition) is 3. The summed E-state index contributed by atoms with van der Waals surface area (Å²) in [5.41, 5.74) is 6.68. The van der Waals surface area contributed by atoms with Crippen LogP contribution in [-0.4, -0.2) is 42.3 Å². The summed E-state index contributed by atoms with van der Waals surface area (Å²) < 4.78 is 6.48. The Kier molecular flexibility index (Phi) is 4.40. The molecular weight excluding hydrogens is 248 g/mol. The molecule has 1 atom stereocenters. The molecule has 3 rings (SSSR count). The van der Waals surface area contributed by atoms with Crippen molar-refractivity contribution in [2.24, 2.45) is 5.73 Å². The lowest BCUT2D eigenvalue weighted by Gasteiger charge is -2.45. The van der Waals surface area contributed by atoms with E-state index in [1.54, 1.807) is 0 Å². The van der Waals surface area contributed by atoms with Gasteiger partial charge >= 0.3 is 0 Å². The summed E-state index contributed by atoms with van der Waals surface area (Å²) in [5, 5.41) is 0. The molecule has 3 fully saturated rings. The molecule has 1 spiro atoms. The van der Waals surface area contributed by atoms with Crippen molar-refractivity contribution in [2.45, 2.75) is 87.9 Å². The molecule has 0 amide bonds. The molecule has 2 N–H and O–H groups in total. The van der Waals surface area contributed by atoms with Crippen LogP contribution < -0.4 is 5.73 Å². The quantitative estimate of drug-likeness (QED) is 0.860. The minimum atomic E-state index is 0.257. The van der Waals surface area contributed by atoms with Gasteiger partial charge in [-0.25, -0.2) is 0 Å². The van der Waals surface area contributed by atoms with Crippen LogP contribution in [-0.2, 0) is 4.74 Å². The van der Waals surface area contributed by atoms with E-state index in [9.17, 15) is 0 Å². The summed E-state index contributed by atoms with van der Waals surface area (Å²) in [5.74, 6) is 0. The Balaban J connectivity index is 1.57. The molecule has 3 heteroatoms. The van der Waals surface area contributed by atoms with Crippen LogP contribution in [0.1, 0.15) is 70.6 Å². The van der Waals surface area contributed by atoms with E-state index in [0.29, 0.717) is 6.10 Å². The van der Waals surface area contributed by atoms with E-state index in [1.165, 1.54) is 70.6 Å². The summed E-state index contributed by atoms with van der Waals surface area (Å²) in [6, 6.07) is 0. The average Bonchev–Trinajstić information content (AvgIpc) is 3.10. The second kappa shape index (κ2) is 5.94. The van der Waals surface area contributed by atoms with E-state index < -0.39 is 0 Å². The molecule has 0 aromatic heterocycles. The SMILES string of the molecule is CN(CC1CCC2(CCCC2)O1)C1(CN)CCCCC1. The van der Waals surface area contributed by atoms with Crippen molar-refractivity contribution in [1.29, 1.82) is 0 Å². The highest BCUT2D eigenvalue weighted by molar-refractivity contribution is 4.97. The minimum Gasteiger partial charge on any atom is -0.370 e. The van der Waals surface area contributed by atoms with Crippen molar-refractivity contribution >= 4 is 0 Å². The van der Waals surface area contributed by atoms with Gasteiger partial charge in [-0.15, -0.1) is 0 Å². The van der Waals surface area contributed by atoms with Gasteiger partial charge in [0.25, 0.3) is 0 Å². The van der Waals surface area contributed by atoms with Gasteiger partial charge in [-0.2, -0.15) is 0 Å². The van der Waals surface area contributed by atoms with Crippen LogP contribution >= 0.6 is 0 Å². The molecule has 1 saturated heterocycles. The van der Waals surface area contributed by atoms with E-state index in [0.717, 1.165) is 13.1 Å². The molecule has 2 saturated carbocycles. The third-order valence-corrected chi connectivity index (χ3v) is 6.30. The maximum Gasteiger partial charge on any atom is 0.0710 e. The topological polar surface area (TPSA) is 38.5 Å². The number of likely N-dealkylation sites (N-methyl/N-ethyl adjacent to an activating group) is 1. The molecule has 0 radical (unpaired) electrons. The Labute approximate surface area is 124 Å². The minimum absolute atomic E-state index is 0.257. The maximum atomic E-state index is 6.48. The van der Waals surface area contributed by atoms with Gasteiger partial charge in [0.15, 0.2) is 0 Å². The first-order valence-corrected chi connectivity index (χ1v) is 8.77. The summed E-state index contributed by atoms with van der Waals surface area (Å²) in [6.45, 7) is 1.89. The first-order valence-electron chi connectivity index (χ1n) is 8.77. The molecule has 0 aromatic carbocycles. The number of nitrogens with two attached hydrogens (primary N) is 1. The van der Waals surface area contributed by atoms with Crippen LogP contribution in [0.25, 0.3) is 0 Å². The number of rotatable bonds is 4. The molecule has 0 bridgehead atoms. The van der Waals surface area contributed by atoms with E-state index in [2.05, 4.69) is 11.9 Å². The highest BCUT2D eigenvalue weighted by atomic mass is 16.5. The molecule has 1 aliphatic heterocycles. The van der Waals surface area contributed by atoms with Crippen molar-refractivity contribution in [3.8, 4) is 0 Å². The number of hydrogen-bond donors (Lipinski definition) is 1. The van der Waals surface area contributed by atoms with Crippen LogP contribution in [0.5, 0.6) is 0 Å². The lowest BCUT2D eigenvalue weighted by Crippen LogP contribution is -2.55. The van der Waals surface area contributed by atoms with Gasteiger partial charge in [-0.3, -0.25) is 4.90 Å². The van der Waals surface area contributed by atoms with E-state index in [1.807, 2.05) is 0 Å². The van der Waals surface area contributed by atoms with Gasteiger partial charge in [-0.1, -0.05) is 32.1 Å². The maximum absolute atomic E-state index is 6.48. The van der Waals surface area contributed by atoms with Gasteiger partial charge in [-0.05, 0) is 45.6 Å². The van der Waals surface area contributed by atoms with Gasteiger partial charge in [0, 0.05) is 18.6 Å². The highest BCUT2D eigenvalue weighted by Gasteiger charge is 2.44. The van der Waals surface area contributed by atoms with Crippen molar-refractivity contribution in [3.63, 3.8) is 0 Å². The molecule has 0 aromatic rings. The Morgan fingerprint density at radius 2 is 1.65 bits per heavy atom. The second-order valence-electron chi connectivity index (χ2n) is 7.54. The van der Waals surface area contributed by atoms with Crippen molar-refractivity contribution < 1.29 is 4.74 Å². The zero-order valence-electron chi connectivity index (χ0n) is 13.2. The van der Waals surface area contributed by atoms with E-state index >= 15 is 0 Å². The van der Waals surface area contributed by atoms with Crippen molar-refractivity contribution in [1.82, 2.24) is 4.90 Å². The Morgan fingerprint density at radius 3 is 2.30 bits per heavy atom. The standard InChI is InChI=1S/C17H32N2O/c1-19(16(14-18)8-3-2-4-9-16)13-15-7-12-17(20-15)10-5-6-11-17/h15H,2-14,18H2,1H3. The fourth-order valence-corrected chi connectivity index (χ4v) is 4.86. The molecule has 1 heterocycles. The fraction of sp³-hybridized carbons (Fsp3) is 1.00. The molecule has 20 heavy (non-hydrogen) atoms. The van der Waals surface area contributed by atoms with Crippen molar-refractivity contribution in [2.75, 3.05) is 20.1 Å². The first-order chi connectivity index (χ1) is 9.68. The van der Waals surface area contributed by atoms with Crippen LogP contribution in [0.2, 0.25) is 0 Å². The lowest BCUT2D eigenvalue weighted by atomic mass is 9.80. The van der Waals surface area contributed by atoms with E-state index in [4.69, 9.17) is 10.5 Å². The summed E-state index contributed by atoms with van der Waals surface area (Å²) in [6.07, 6.45) is 15.0. The normalized spacial score (nSPS) is 32.2. The largest absolute Gasteiger partial charge is 0.370 e. The summed E-state index contributed by atoms with van der Waals surface area (Å²) in [4.78, 5) is 2.55. The molecule has 3 nitrogen and oxygen atoms in total. The van der Waals surface area contributed by atoms with Crippen molar-refractivity contribution in [3.05, 3.63) is 0 Å². The van der Waals surface area contributed by atoms with Gasteiger partial charge in [0.05, 0.1) is 11.7 Å². The third-order valence-electron chi connectivity index (χ3n) is 6.30. The molecule has 1 unspecified atom stereocenters. The fourth-order valence-electron chi connectivity index (χ4n) is 4.86. The van der Waals surface area contributed by atoms with Gasteiger partial charge in [0.2, 0.25) is 0 Å². The smallest absolute Gasteiger partial charge is 0.0710 e. The Morgan fingerprint density at radius 1 is 1.00 bits per heavy atom. The molecule has 3 aliphatic rings. The zero-order valence-corrected chi connectivity index (χ0v) is 13.2. The van der Waals surface area contributed by atoms with Crippen LogP contribution in [0.4, 0.5) is 0 Å². The summed E-state index contributed by atoms with van der Waals surface area (Å²) >= 11 is 0. The molecule has 2 aliphatic carbocycles. The highest BCUT2D eigenvalue weighted by Crippen LogP contribution is 2.44. The lowest BCUT2D eigenvalue weighted by molar-refractivity contribution is -0.0590. The van der Waals surface area contributed by atoms with Crippen LogP contribution in [0, 0.1) is 0 Å². The van der Waals surface area contributed by atoms with E-state index in [-0.39, 0.29) is 11.1 Å². The van der Waals surface area contributed by atoms with Crippen LogP contribution in [0.15, 0.2) is 0 Å². The number of nitrogens with zero attached hydrogens (tertiary/aromatic N) is 1. The first kappa shape index (κ1) is 14.8. The molecule has 116 valence electrons. The Bertz CT molecular complexity index is 319. The van der Waals surface area contributed by atoms with Gasteiger partial charge < -0.3 is 10.5 Å². The predicted octanol–water partition coefficient (Wildman–Crippen LogP) is 3.07. The predicted molar refractivity (Wildman–Crippen MR) is 82.8 cm³/mol. The Hall–Kier alpha value is -0.120. The summed E-state index contributed by atoms with van der Waals surface area (Å²) in [7, 11) is 2.28. The molecular formula is C17H32N2O. The van der Waals surface area contributed by atoms with Crippen LogP contribution in [0.3, 0.4) is 0 Å². The monoisotopic (exact) mass is 280 g/mol.